The number of thiophene rings is 1. The fourth-order valence-corrected chi connectivity index (χ4v) is 3.64. The molecule has 0 radical (unpaired) electrons. The van der Waals surface area contributed by atoms with E-state index in [1.807, 2.05) is 13.8 Å². The van der Waals surface area contributed by atoms with Crippen molar-refractivity contribution in [1.29, 1.82) is 0 Å². The summed E-state index contributed by atoms with van der Waals surface area (Å²) in [5.74, 6) is 1.16. The highest BCUT2D eigenvalue weighted by Gasteiger charge is 2.23. The highest BCUT2D eigenvalue weighted by atomic mass is 32.1. The molecule has 1 aromatic rings. The summed E-state index contributed by atoms with van der Waals surface area (Å²) in [6.45, 7) is 4.83. The fourth-order valence-electron chi connectivity index (χ4n) is 2.63. The molecule has 5 nitrogen and oxygen atoms in total. The van der Waals surface area contributed by atoms with Gasteiger partial charge in [0.1, 0.15) is 15.6 Å². The molecule has 1 aliphatic carbocycles. The van der Waals surface area contributed by atoms with Crippen molar-refractivity contribution in [2.45, 2.75) is 45.6 Å². The van der Waals surface area contributed by atoms with E-state index in [2.05, 4.69) is 10.6 Å². The summed E-state index contributed by atoms with van der Waals surface area (Å²) in [5.41, 5.74) is 6.53. The third-order valence-electron chi connectivity index (χ3n) is 3.71. The van der Waals surface area contributed by atoms with Gasteiger partial charge in [-0.15, -0.1) is 11.3 Å². The van der Waals surface area contributed by atoms with E-state index in [0.717, 1.165) is 11.5 Å². The van der Waals surface area contributed by atoms with Crippen LogP contribution in [0.5, 0.6) is 5.75 Å². The van der Waals surface area contributed by atoms with E-state index in [0.29, 0.717) is 22.2 Å². The Hall–Kier alpha value is -1.43. The normalized spacial score (nSPS) is 15.4. The van der Waals surface area contributed by atoms with Gasteiger partial charge in [0.05, 0.1) is 6.10 Å². The first-order chi connectivity index (χ1) is 10.0. The highest BCUT2D eigenvalue weighted by Crippen LogP contribution is 2.43. The molecule has 1 fully saturated rings. The summed E-state index contributed by atoms with van der Waals surface area (Å²) in [7, 11) is 1.61. The lowest BCUT2D eigenvalue weighted by Gasteiger charge is -2.14. The lowest BCUT2D eigenvalue weighted by atomic mass is 10.1. The van der Waals surface area contributed by atoms with Gasteiger partial charge in [-0.2, -0.15) is 0 Å². The second-order valence-corrected chi connectivity index (χ2v) is 6.80. The number of hydrogen-bond donors (Lipinski definition) is 3. The fraction of sp³-hybridized carbons (Fsp3) is 0.667. The zero-order valence-electron chi connectivity index (χ0n) is 13.0. The molecule has 1 heterocycles. The molecule has 1 saturated carbocycles. The van der Waals surface area contributed by atoms with Crippen LogP contribution < -0.4 is 21.1 Å². The largest absolute Gasteiger partial charge is 0.486 e. The predicted octanol–water partition coefficient (Wildman–Crippen LogP) is 3.08. The van der Waals surface area contributed by atoms with Gasteiger partial charge in [0.2, 0.25) is 0 Å². The maximum atomic E-state index is 11.9. The predicted molar refractivity (Wildman–Crippen MR) is 88.3 cm³/mol. The molecule has 1 amide bonds. The van der Waals surface area contributed by atoms with Crippen molar-refractivity contribution in [2.24, 2.45) is 5.92 Å². The first kappa shape index (κ1) is 15.9. The molecule has 0 spiro atoms. The average Bonchev–Trinajstić information content (AvgIpc) is 3.06. The molecule has 1 aromatic heterocycles. The van der Waals surface area contributed by atoms with Gasteiger partial charge in [0.25, 0.3) is 5.91 Å². The molecule has 118 valence electrons. The molecule has 0 saturated heterocycles. The molecule has 21 heavy (non-hydrogen) atoms. The Morgan fingerprint density at radius 2 is 2.10 bits per heavy atom. The number of carbonyl (C=O) groups excluding carboxylic acids is 1. The topological polar surface area (TPSA) is 76.4 Å². The smallest absolute Gasteiger partial charge is 0.263 e. The summed E-state index contributed by atoms with van der Waals surface area (Å²) in [4.78, 5) is 12.4. The minimum absolute atomic E-state index is 0.0199. The van der Waals surface area contributed by atoms with Crippen molar-refractivity contribution in [2.75, 3.05) is 24.6 Å². The third kappa shape index (κ3) is 3.81. The van der Waals surface area contributed by atoms with Crippen molar-refractivity contribution in [3.63, 3.8) is 0 Å². The zero-order valence-corrected chi connectivity index (χ0v) is 13.8. The van der Waals surface area contributed by atoms with Crippen molar-refractivity contribution in [3.05, 3.63) is 4.88 Å². The number of nitrogens with one attached hydrogen (secondary N) is 2. The van der Waals surface area contributed by atoms with Crippen molar-refractivity contribution >= 4 is 27.9 Å². The number of carbonyl (C=O) groups is 1. The van der Waals surface area contributed by atoms with Crippen LogP contribution in [0.4, 0.5) is 10.7 Å². The maximum Gasteiger partial charge on any atom is 0.263 e. The van der Waals surface area contributed by atoms with Gasteiger partial charge in [-0.25, -0.2) is 0 Å². The Balaban J connectivity index is 2.17. The first-order valence-electron chi connectivity index (χ1n) is 7.57. The van der Waals surface area contributed by atoms with Gasteiger partial charge in [-0.3, -0.25) is 4.79 Å². The van der Waals surface area contributed by atoms with E-state index < -0.39 is 0 Å². The number of nitrogen functional groups attached to an aromatic ring is 1. The van der Waals surface area contributed by atoms with E-state index in [1.165, 1.54) is 37.0 Å². The van der Waals surface area contributed by atoms with Gasteiger partial charge in [0.15, 0.2) is 5.75 Å². The monoisotopic (exact) mass is 311 g/mol. The van der Waals surface area contributed by atoms with Crippen LogP contribution in [0.25, 0.3) is 0 Å². The lowest BCUT2D eigenvalue weighted by molar-refractivity contribution is 0.0967. The summed E-state index contributed by atoms with van der Waals surface area (Å²) >= 11 is 1.37. The van der Waals surface area contributed by atoms with Crippen LogP contribution in [0.3, 0.4) is 0 Å². The van der Waals surface area contributed by atoms with Gasteiger partial charge in [-0.1, -0.05) is 12.8 Å². The Morgan fingerprint density at radius 1 is 1.43 bits per heavy atom. The van der Waals surface area contributed by atoms with Crippen LogP contribution in [-0.4, -0.2) is 25.6 Å². The van der Waals surface area contributed by atoms with Crippen LogP contribution in [-0.2, 0) is 0 Å². The molecule has 0 aromatic carbocycles. The molecule has 2 rings (SSSR count). The molecule has 6 heteroatoms. The van der Waals surface area contributed by atoms with Crippen LogP contribution in [0.15, 0.2) is 0 Å². The highest BCUT2D eigenvalue weighted by molar-refractivity contribution is 7.19. The Labute approximate surface area is 130 Å². The second kappa shape index (κ2) is 7.02. The Kier molecular flexibility index (Phi) is 5.33. The summed E-state index contributed by atoms with van der Waals surface area (Å²) < 4.78 is 5.81. The van der Waals surface area contributed by atoms with Crippen LogP contribution in [0.1, 0.15) is 49.2 Å². The first-order valence-corrected chi connectivity index (χ1v) is 8.39. The maximum absolute atomic E-state index is 11.9. The number of anilines is 2. The molecular weight excluding hydrogens is 286 g/mol. The number of ether oxygens (including phenoxy) is 1. The number of amides is 1. The molecule has 0 bridgehead atoms. The summed E-state index contributed by atoms with van der Waals surface area (Å²) in [6, 6.07) is 0. The summed E-state index contributed by atoms with van der Waals surface area (Å²) in [6.07, 6.45) is 5.20. The van der Waals surface area contributed by atoms with E-state index in [1.54, 1.807) is 7.05 Å². The minimum atomic E-state index is -0.167. The van der Waals surface area contributed by atoms with Crippen LogP contribution >= 0.6 is 11.3 Å². The Morgan fingerprint density at radius 3 is 2.67 bits per heavy atom. The SMILES string of the molecule is CNC(=O)c1sc(NCC2CCCC2)c(OC(C)C)c1N. The molecule has 4 N–H and O–H groups in total. The van der Waals surface area contributed by atoms with Crippen molar-refractivity contribution in [1.82, 2.24) is 5.32 Å². The van der Waals surface area contributed by atoms with Gasteiger partial charge >= 0.3 is 0 Å². The van der Waals surface area contributed by atoms with Gasteiger partial charge < -0.3 is 21.1 Å². The molecule has 0 atom stereocenters. The summed E-state index contributed by atoms with van der Waals surface area (Å²) in [5, 5.41) is 6.92. The van der Waals surface area contributed by atoms with E-state index in [9.17, 15) is 4.79 Å². The standard InChI is InChI=1S/C15H25N3O2S/c1-9(2)20-12-11(16)13(14(19)17-3)21-15(12)18-8-10-6-4-5-7-10/h9-10,18H,4-8,16H2,1-3H3,(H,17,19). The molecule has 1 aliphatic rings. The second-order valence-electron chi connectivity index (χ2n) is 5.78. The number of nitrogens with two attached hydrogens (primary N) is 1. The average molecular weight is 311 g/mol. The van der Waals surface area contributed by atoms with Gasteiger partial charge in [0, 0.05) is 13.6 Å². The minimum Gasteiger partial charge on any atom is -0.486 e. The Bertz CT molecular complexity index is 493. The zero-order chi connectivity index (χ0) is 15.4. The van der Waals surface area contributed by atoms with E-state index in [4.69, 9.17) is 10.5 Å². The van der Waals surface area contributed by atoms with Crippen LogP contribution in [0.2, 0.25) is 0 Å². The van der Waals surface area contributed by atoms with Crippen molar-refractivity contribution < 1.29 is 9.53 Å². The number of hydrogen-bond acceptors (Lipinski definition) is 5. The lowest BCUT2D eigenvalue weighted by Crippen LogP contribution is -2.17. The van der Waals surface area contributed by atoms with Crippen molar-refractivity contribution in [3.8, 4) is 5.75 Å². The molecule has 0 unspecified atom stereocenters. The van der Waals surface area contributed by atoms with E-state index >= 15 is 0 Å². The quantitative estimate of drug-likeness (QED) is 0.754. The number of rotatable bonds is 6. The third-order valence-corrected chi connectivity index (χ3v) is 4.86. The van der Waals surface area contributed by atoms with Crippen LogP contribution in [0, 0.1) is 5.92 Å². The van der Waals surface area contributed by atoms with Gasteiger partial charge in [-0.05, 0) is 32.6 Å². The van der Waals surface area contributed by atoms with E-state index in [-0.39, 0.29) is 12.0 Å². The molecular formula is C15H25N3O2S. The molecule has 0 aliphatic heterocycles.